The fraction of sp³-hybridized carbons (Fsp3) is 0.600. The molecule has 0 atom stereocenters. The number of nitrogens with two attached hydrogens (primary N) is 1. The quantitative estimate of drug-likeness (QED) is 0.182. The first-order valence-electron chi connectivity index (χ1n) is 9.53. The van der Waals surface area contributed by atoms with Crippen molar-refractivity contribution in [2.75, 3.05) is 26.2 Å². The number of halogens is 1. The van der Waals surface area contributed by atoms with Crippen molar-refractivity contribution in [2.24, 2.45) is 16.6 Å². The first-order chi connectivity index (χ1) is 12.5. The Hall–Kier alpha value is -1.51. The van der Waals surface area contributed by atoms with Gasteiger partial charge in [0.25, 0.3) is 5.91 Å². The number of hydrogen-bond acceptors (Lipinski definition) is 3. The fourth-order valence-electron chi connectivity index (χ4n) is 2.43. The summed E-state index contributed by atoms with van der Waals surface area (Å²) in [6, 6.07) is 7.69. The molecule has 0 unspecified atom stereocenters. The van der Waals surface area contributed by atoms with E-state index in [1.165, 1.54) is 18.4 Å². The Balaban J connectivity index is 0.00000676. The molecule has 1 aromatic carbocycles. The van der Waals surface area contributed by atoms with Gasteiger partial charge in [0.1, 0.15) is 5.75 Å². The highest BCUT2D eigenvalue weighted by atomic mass is 127. The lowest BCUT2D eigenvalue weighted by Crippen LogP contribution is -2.38. The Bertz CT molecular complexity index is 547. The lowest BCUT2D eigenvalue weighted by molar-refractivity contribution is -0.119. The molecule has 0 heterocycles. The zero-order valence-electron chi connectivity index (χ0n) is 16.8. The van der Waals surface area contributed by atoms with Gasteiger partial charge in [0.05, 0.1) is 0 Å². The molecule has 0 aliphatic rings. The van der Waals surface area contributed by atoms with Crippen LogP contribution in [0.1, 0.15) is 45.6 Å². The van der Waals surface area contributed by atoms with Crippen molar-refractivity contribution < 1.29 is 9.53 Å². The van der Waals surface area contributed by atoms with Gasteiger partial charge < -0.3 is 21.1 Å². The summed E-state index contributed by atoms with van der Waals surface area (Å²) in [5.41, 5.74) is 6.26. The van der Waals surface area contributed by atoms with Gasteiger partial charge in [-0.1, -0.05) is 38.8 Å². The molecule has 0 aromatic heterocycles. The standard InChI is InChI=1S/C20H34N4O2.HI/c1-4-22-20(23-13-6-5-7-16(2)3)24-14-12-17-8-10-18(11-9-17)26-15-19(21)25;/h8-11,16H,4-7,12-15H2,1-3H3,(H2,21,25)(H2,22,23,24);1H. The Morgan fingerprint density at radius 1 is 1.19 bits per heavy atom. The number of amides is 1. The molecule has 0 aliphatic heterocycles. The van der Waals surface area contributed by atoms with Crippen molar-refractivity contribution in [3.63, 3.8) is 0 Å². The minimum atomic E-state index is -0.474. The maximum absolute atomic E-state index is 10.7. The summed E-state index contributed by atoms with van der Waals surface area (Å²) in [4.78, 5) is 15.3. The van der Waals surface area contributed by atoms with Gasteiger partial charge in [-0.2, -0.15) is 0 Å². The third kappa shape index (κ3) is 13.3. The summed E-state index contributed by atoms with van der Waals surface area (Å²) in [5, 5.41) is 6.65. The number of carbonyl (C=O) groups is 1. The first kappa shape index (κ1) is 25.5. The predicted molar refractivity (Wildman–Crippen MR) is 123 cm³/mol. The minimum Gasteiger partial charge on any atom is -0.484 e. The van der Waals surface area contributed by atoms with Crippen molar-refractivity contribution >= 4 is 35.8 Å². The molecule has 7 heteroatoms. The topological polar surface area (TPSA) is 88.7 Å². The maximum atomic E-state index is 10.7. The number of unbranched alkanes of at least 4 members (excludes halogenated alkanes) is 1. The lowest BCUT2D eigenvalue weighted by Gasteiger charge is -2.12. The third-order valence-corrected chi connectivity index (χ3v) is 3.81. The van der Waals surface area contributed by atoms with Crippen LogP contribution in [-0.4, -0.2) is 38.1 Å². The average Bonchev–Trinajstić information content (AvgIpc) is 2.60. The largest absolute Gasteiger partial charge is 0.484 e. The molecular formula is C20H35IN4O2. The highest BCUT2D eigenvalue weighted by Crippen LogP contribution is 2.12. The smallest absolute Gasteiger partial charge is 0.255 e. The van der Waals surface area contributed by atoms with Crippen LogP contribution in [0.5, 0.6) is 5.75 Å². The van der Waals surface area contributed by atoms with E-state index < -0.39 is 5.91 Å². The second-order valence-corrected chi connectivity index (χ2v) is 6.73. The number of aliphatic imine (C=N–C) groups is 1. The second-order valence-electron chi connectivity index (χ2n) is 6.73. The molecule has 1 aromatic rings. The van der Waals surface area contributed by atoms with E-state index in [2.05, 4.69) is 36.4 Å². The van der Waals surface area contributed by atoms with E-state index >= 15 is 0 Å². The number of guanidine groups is 1. The van der Waals surface area contributed by atoms with Crippen molar-refractivity contribution in [3.05, 3.63) is 29.8 Å². The van der Waals surface area contributed by atoms with Gasteiger partial charge in [-0.05, 0) is 43.4 Å². The van der Waals surface area contributed by atoms with E-state index in [9.17, 15) is 4.79 Å². The van der Waals surface area contributed by atoms with Gasteiger partial charge in [-0.15, -0.1) is 24.0 Å². The van der Waals surface area contributed by atoms with E-state index in [0.717, 1.165) is 44.4 Å². The van der Waals surface area contributed by atoms with Crippen LogP contribution in [0.25, 0.3) is 0 Å². The molecule has 27 heavy (non-hydrogen) atoms. The molecular weight excluding hydrogens is 455 g/mol. The molecule has 0 spiro atoms. The fourth-order valence-corrected chi connectivity index (χ4v) is 2.43. The summed E-state index contributed by atoms with van der Waals surface area (Å²) >= 11 is 0. The van der Waals surface area contributed by atoms with Crippen LogP contribution < -0.4 is 21.1 Å². The summed E-state index contributed by atoms with van der Waals surface area (Å²) in [7, 11) is 0. The molecule has 0 radical (unpaired) electrons. The van der Waals surface area contributed by atoms with Crippen molar-refractivity contribution in [3.8, 4) is 5.75 Å². The summed E-state index contributed by atoms with van der Waals surface area (Å²) < 4.78 is 5.26. The predicted octanol–water partition coefficient (Wildman–Crippen LogP) is 3.09. The molecule has 154 valence electrons. The van der Waals surface area contributed by atoms with Crippen LogP contribution in [0.15, 0.2) is 29.3 Å². The Morgan fingerprint density at radius 2 is 1.89 bits per heavy atom. The third-order valence-electron chi connectivity index (χ3n) is 3.81. The van der Waals surface area contributed by atoms with E-state index in [0.29, 0.717) is 5.75 Å². The monoisotopic (exact) mass is 490 g/mol. The lowest BCUT2D eigenvalue weighted by atomic mass is 10.1. The van der Waals surface area contributed by atoms with E-state index in [1.807, 2.05) is 24.3 Å². The van der Waals surface area contributed by atoms with Gasteiger partial charge in [0.2, 0.25) is 0 Å². The molecule has 6 nitrogen and oxygen atoms in total. The van der Waals surface area contributed by atoms with Crippen LogP contribution in [-0.2, 0) is 11.2 Å². The number of benzene rings is 1. The Morgan fingerprint density at radius 3 is 2.48 bits per heavy atom. The number of nitrogens with zero attached hydrogens (tertiary/aromatic N) is 1. The molecule has 4 N–H and O–H groups in total. The van der Waals surface area contributed by atoms with Crippen LogP contribution in [0, 0.1) is 5.92 Å². The van der Waals surface area contributed by atoms with Gasteiger partial charge in [0.15, 0.2) is 12.6 Å². The first-order valence-corrected chi connectivity index (χ1v) is 9.53. The molecule has 1 amide bonds. The van der Waals surface area contributed by atoms with Crippen molar-refractivity contribution in [1.29, 1.82) is 0 Å². The van der Waals surface area contributed by atoms with E-state index in [-0.39, 0.29) is 30.6 Å². The van der Waals surface area contributed by atoms with Crippen molar-refractivity contribution in [1.82, 2.24) is 10.6 Å². The molecule has 1 rings (SSSR count). The number of primary amides is 1. The average molecular weight is 490 g/mol. The van der Waals surface area contributed by atoms with Gasteiger partial charge >= 0.3 is 0 Å². The van der Waals surface area contributed by atoms with Gasteiger partial charge in [-0.3, -0.25) is 9.79 Å². The zero-order valence-corrected chi connectivity index (χ0v) is 19.1. The number of ether oxygens (including phenoxy) is 1. The SMILES string of the molecule is CCNC(=NCCCCC(C)C)NCCc1ccc(OCC(N)=O)cc1.I. The normalized spacial score (nSPS) is 11.0. The molecule has 0 bridgehead atoms. The van der Waals surface area contributed by atoms with Crippen LogP contribution in [0.2, 0.25) is 0 Å². The van der Waals surface area contributed by atoms with Gasteiger partial charge in [0, 0.05) is 19.6 Å². The number of rotatable bonds is 12. The zero-order chi connectivity index (χ0) is 19.2. The number of carbonyl (C=O) groups excluding carboxylic acids is 1. The van der Waals surface area contributed by atoms with Crippen molar-refractivity contribution in [2.45, 2.75) is 46.5 Å². The van der Waals surface area contributed by atoms with Crippen LogP contribution in [0.3, 0.4) is 0 Å². The summed E-state index contributed by atoms with van der Waals surface area (Å²) in [6.07, 6.45) is 4.50. The molecule has 0 fully saturated rings. The molecule has 0 saturated heterocycles. The number of hydrogen-bond donors (Lipinski definition) is 3. The highest BCUT2D eigenvalue weighted by molar-refractivity contribution is 14.0. The van der Waals surface area contributed by atoms with E-state index in [4.69, 9.17) is 10.5 Å². The summed E-state index contributed by atoms with van der Waals surface area (Å²) in [5.74, 6) is 1.81. The Labute approximate surface area is 180 Å². The minimum absolute atomic E-state index is 0. The summed E-state index contributed by atoms with van der Waals surface area (Å²) in [6.45, 7) is 8.99. The second kappa shape index (κ2) is 15.5. The number of nitrogens with one attached hydrogen (secondary N) is 2. The Kier molecular flexibility index (Phi) is 14.7. The van der Waals surface area contributed by atoms with Crippen LogP contribution in [0.4, 0.5) is 0 Å². The van der Waals surface area contributed by atoms with E-state index in [1.54, 1.807) is 0 Å². The van der Waals surface area contributed by atoms with Gasteiger partial charge in [-0.25, -0.2) is 0 Å². The maximum Gasteiger partial charge on any atom is 0.255 e. The van der Waals surface area contributed by atoms with Crippen LogP contribution >= 0.6 is 24.0 Å². The highest BCUT2D eigenvalue weighted by Gasteiger charge is 2.01. The molecule has 0 aliphatic carbocycles. The molecule has 0 saturated carbocycles.